The highest BCUT2D eigenvalue weighted by molar-refractivity contribution is 6.24. The maximum absolute atomic E-state index is 11.7. The van der Waals surface area contributed by atoms with E-state index in [-0.39, 0.29) is 6.42 Å². The fraction of sp³-hybridized carbons (Fsp3) is 1.00. The second kappa shape index (κ2) is 2.37. The third-order valence-corrected chi connectivity index (χ3v) is 1.74. The molecule has 0 spiro atoms. The first-order valence-electron chi connectivity index (χ1n) is 2.57. The first kappa shape index (κ1) is 9.08. The van der Waals surface area contributed by atoms with Gasteiger partial charge in [-0.2, -0.15) is 13.2 Å². The topological polar surface area (TPSA) is 0 Å². The fourth-order valence-electron chi connectivity index (χ4n) is 0.200. The lowest BCUT2D eigenvalue weighted by Gasteiger charge is -2.22. The van der Waals surface area contributed by atoms with Crippen molar-refractivity contribution < 1.29 is 13.2 Å². The van der Waals surface area contributed by atoms with Crippen LogP contribution in [0.25, 0.3) is 0 Å². The summed E-state index contributed by atoms with van der Waals surface area (Å²) in [5.74, 6) is 0. The molecule has 0 rings (SSSR count). The average Bonchev–Trinajstić information content (AvgIpc) is 1.64. The largest absolute Gasteiger partial charge is 0.407 e. The van der Waals surface area contributed by atoms with Crippen molar-refractivity contribution in [1.29, 1.82) is 0 Å². The molecule has 0 aromatic heterocycles. The molecule has 0 saturated heterocycles. The third-order valence-electron chi connectivity index (χ3n) is 1.26. The highest BCUT2D eigenvalue weighted by Gasteiger charge is 2.48. The van der Waals surface area contributed by atoms with Gasteiger partial charge < -0.3 is 0 Å². The van der Waals surface area contributed by atoms with Crippen molar-refractivity contribution in [2.75, 3.05) is 0 Å². The zero-order valence-corrected chi connectivity index (χ0v) is 5.97. The molecule has 0 nitrogen and oxygen atoms in total. The van der Waals surface area contributed by atoms with Gasteiger partial charge >= 0.3 is 6.18 Å². The molecule has 4 heteroatoms. The molecule has 0 bridgehead atoms. The van der Waals surface area contributed by atoms with Gasteiger partial charge in [0.25, 0.3) is 0 Å². The van der Waals surface area contributed by atoms with Gasteiger partial charge in [0.05, 0.1) is 0 Å². The van der Waals surface area contributed by atoms with E-state index >= 15 is 0 Å². The van der Waals surface area contributed by atoms with Crippen LogP contribution in [0, 0.1) is 0 Å². The van der Waals surface area contributed by atoms with Crippen LogP contribution in [-0.2, 0) is 0 Å². The average molecular weight is 161 g/mol. The highest BCUT2D eigenvalue weighted by Crippen LogP contribution is 2.37. The SMILES string of the molecule is CCC(C)(Cl)C(F)(F)F. The van der Waals surface area contributed by atoms with Crippen LogP contribution in [0.3, 0.4) is 0 Å². The molecule has 0 heterocycles. The van der Waals surface area contributed by atoms with Crippen molar-refractivity contribution in [3.63, 3.8) is 0 Å². The molecule has 56 valence electrons. The Balaban J connectivity index is 4.14. The summed E-state index contributed by atoms with van der Waals surface area (Å²) in [6.45, 7) is 2.37. The lowest BCUT2D eigenvalue weighted by atomic mass is 10.1. The minimum absolute atomic E-state index is 0.0992. The number of halogens is 4. The second-order valence-corrected chi connectivity index (χ2v) is 2.88. The summed E-state index contributed by atoms with van der Waals surface area (Å²) in [6.07, 6.45) is -4.39. The van der Waals surface area contributed by atoms with Crippen LogP contribution in [-0.4, -0.2) is 11.1 Å². The van der Waals surface area contributed by atoms with E-state index in [9.17, 15) is 13.2 Å². The summed E-state index contributed by atoms with van der Waals surface area (Å²) < 4.78 is 35.1. The molecule has 0 amide bonds. The van der Waals surface area contributed by atoms with Gasteiger partial charge in [-0.15, -0.1) is 11.6 Å². The third kappa shape index (κ3) is 2.05. The zero-order chi connectivity index (χ0) is 7.71. The predicted molar refractivity (Wildman–Crippen MR) is 30.6 cm³/mol. The van der Waals surface area contributed by atoms with Crippen molar-refractivity contribution in [2.24, 2.45) is 0 Å². The molecule has 1 unspecified atom stereocenters. The summed E-state index contributed by atoms with van der Waals surface area (Å²) in [7, 11) is 0. The van der Waals surface area contributed by atoms with Crippen LogP contribution in [0.5, 0.6) is 0 Å². The Morgan fingerprint density at radius 2 is 1.67 bits per heavy atom. The molecule has 0 aromatic carbocycles. The summed E-state index contributed by atoms with van der Waals surface area (Å²) in [5.41, 5.74) is 0. The quantitative estimate of drug-likeness (QED) is 0.518. The maximum Gasteiger partial charge on any atom is 0.407 e. The molecule has 0 saturated carbocycles. The maximum atomic E-state index is 11.7. The van der Waals surface area contributed by atoms with Crippen molar-refractivity contribution in [1.82, 2.24) is 0 Å². The number of alkyl halides is 4. The monoisotopic (exact) mass is 160 g/mol. The molecular formula is C5H8ClF3. The molecule has 0 aliphatic carbocycles. The van der Waals surface area contributed by atoms with Gasteiger partial charge in [-0.1, -0.05) is 6.92 Å². The van der Waals surface area contributed by atoms with E-state index in [0.29, 0.717) is 0 Å². The van der Waals surface area contributed by atoms with E-state index in [2.05, 4.69) is 0 Å². The van der Waals surface area contributed by atoms with Gasteiger partial charge in [-0.05, 0) is 13.3 Å². The lowest BCUT2D eigenvalue weighted by Crippen LogP contribution is -2.35. The molecule has 0 radical (unpaired) electrons. The molecule has 0 aromatic rings. The van der Waals surface area contributed by atoms with Crippen LogP contribution in [0.15, 0.2) is 0 Å². The first-order chi connectivity index (χ1) is 3.81. The van der Waals surface area contributed by atoms with Crippen molar-refractivity contribution in [3.05, 3.63) is 0 Å². The fourth-order valence-corrected chi connectivity index (χ4v) is 0.200. The van der Waals surface area contributed by atoms with E-state index in [0.717, 1.165) is 6.92 Å². The molecule has 9 heavy (non-hydrogen) atoms. The molecule has 0 fully saturated rings. The lowest BCUT2D eigenvalue weighted by molar-refractivity contribution is -0.158. The van der Waals surface area contributed by atoms with Crippen molar-refractivity contribution >= 4 is 11.6 Å². The second-order valence-electron chi connectivity index (χ2n) is 2.05. The van der Waals surface area contributed by atoms with E-state index in [1.54, 1.807) is 0 Å². The van der Waals surface area contributed by atoms with Crippen LogP contribution in [0.1, 0.15) is 20.3 Å². The minimum Gasteiger partial charge on any atom is -0.169 e. The summed E-state index contributed by atoms with van der Waals surface area (Å²) in [4.78, 5) is -2.05. The Morgan fingerprint density at radius 1 is 1.33 bits per heavy atom. The molecule has 0 aliphatic heterocycles. The molecule has 0 aliphatic rings. The van der Waals surface area contributed by atoms with E-state index in [4.69, 9.17) is 11.6 Å². The smallest absolute Gasteiger partial charge is 0.169 e. The summed E-state index contributed by atoms with van der Waals surface area (Å²) >= 11 is 5.07. The molecule has 0 N–H and O–H groups in total. The first-order valence-corrected chi connectivity index (χ1v) is 2.94. The van der Waals surface area contributed by atoms with Crippen LogP contribution in [0.2, 0.25) is 0 Å². The predicted octanol–water partition coefficient (Wildman–Crippen LogP) is 2.96. The van der Waals surface area contributed by atoms with Gasteiger partial charge in [0.15, 0.2) is 0 Å². The van der Waals surface area contributed by atoms with Crippen LogP contribution in [0.4, 0.5) is 13.2 Å². The number of hydrogen-bond donors (Lipinski definition) is 0. The van der Waals surface area contributed by atoms with Gasteiger partial charge in [0.1, 0.15) is 4.87 Å². The Morgan fingerprint density at radius 3 is 1.67 bits per heavy atom. The Bertz CT molecular complexity index is 94.9. The Kier molecular flexibility index (Phi) is 2.39. The van der Waals surface area contributed by atoms with Gasteiger partial charge in [0.2, 0.25) is 0 Å². The Labute approximate surface area is 57.0 Å². The summed E-state index contributed by atoms with van der Waals surface area (Å²) in [5, 5.41) is 0. The normalized spacial score (nSPS) is 19.3. The molecular weight excluding hydrogens is 153 g/mol. The van der Waals surface area contributed by atoms with Crippen LogP contribution < -0.4 is 0 Å². The molecule has 1 atom stereocenters. The van der Waals surface area contributed by atoms with Gasteiger partial charge in [0, 0.05) is 0 Å². The van der Waals surface area contributed by atoms with E-state index in [1.807, 2.05) is 0 Å². The van der Waals surface area contributed by atoms with Gasteiger partial charge in [-0.25, -0.2) is 0 Å². The number of hydrogen-bond acceptors (Lipinski definition) is 0. The standard InChI is InChI=1S/C5H8ClF3/c1-3-4(2,6)5(7,8)9/h3H2,1-2H3. The van der Waals surface area contributed by atoms with E-state index < -0.39 is 11.1 Å². The van der Waals surface area contributed by atoms with Crippen molar-refractivity contribution in [3.8, 4) is 0 Å². The van der Waals surface area contributed by atoms with E-state index in [1.165, 1.54) is 6.92 Å². The van der Waals surface area contributed by atoms with Crippen LogP contribution >= 0.6 is 11.6 Å². The van der Waals surface area contributed by atoms with Gasteiger partial charge in [-0.3, -0.25) is 0 Å². The minimum atomic E-state index is -4.29. The number of rotatable bonds is 1. The summed E-state index contributed by atoms with van der Waals surface area (Å²) in [6, 6.07) is 0. The zero-order valence-electron chi connectivity index (χ0n) is 5.22. The van der Waals surface area contributed by atoms with Crippen molar-refractivity contribution in [2.45, 2.75) is 31.3 Å². The Hall–Kier alpha value is 0.0800. The highest BCUT2D eigenvalue weighted by atomic mass is 35.5.